The van der Waals surface area contributed by atoms with Crippen LogP contribution in [0.4, 0.5) is 5.82 Å². The van der Waals surface area contributed by atoms with E-state index in [0.29, 0.717) is 0 Å². The summed E-state index contributed by atoms with van der Waals surface area (Å²) in [7, 11) is 1.82. The number of anilines is 1. The number of aryl methyl sites for hydroxylation is 1. The van der Waals surface area contributed by atoms with Crippen molar-refractivity contribution in [3.05, 3.63) is 11.3 Å². The van der Waals surface area contributed by atoms with Gasteiger partial charge in [0.1, 0.15) is 0 Å². The third-order valence-corrected chi connectivity index (χ3v) is 1.47. The molecule has 0 unspecified atom stereocenters. The molecular formula is C6H10N4. The lowest BCUT2D eigenvalue weighted by Gasteiger charge is -2.01. The van der Waals surface area contributed by atoms with Crippen molar-refractivity contribution in [1.82, 2.24) is 15.4 Å². The maximum absolute atomic E-state index is 3.79. The van der Waals surface area contributed by atoms with Crippen LogP contribution >= 0.6 is 0 Å². The first-order valence-corrected chi connectivity index (χ1v) is 3.10. The lowest BCUT2D eigenvalue weighted by atomic mass is 10.2. The van der Waals surface area contributed by atoms with Gasteiger partial charge in [0, 0.05) is 12.6 Å². The Hall–Kier alpha value is -1.19. The topological polar surface area (TPSA) is 50.7 Å². The van der Waals surface area contributed by atoms with Gasteiger partial charge in [0.05, 0.1) is 5.69 Å². The Balaban J connectivity index is 3.14. The predicted molar refractivity (Wildman–Crippen MR) is 38.8 cm³/mol. The van der Waals surface area contributed by atoms with E-state index in [1.54, 1.807) is 0 Å². The molecule has 0 saturated carbocycles. The molecule has 54 valence electrons. The van der Waals surface area contributed by atoms with E-state index in [-0.39, 0.29) is 0 Å². The molecule has 1 heterocycles. The second-order valence-corrected chi connectivity index (χ2v) is 2.10. The highest BCUT2D eigenvalue weighted by Crippen LogP contribution is 2.09. The van der Waals surface area contributed by atoms with Gasteiger partial charge in [-0.25, -0.2) is 0 Å². The molecule has 0 spiro atoms. The Kier molecular flexibility index (Phi) is 1.80. The molecule has 0 saturated heterocycles. The first-order chi connectivity index (χ1) is 4.75. The van der Waals surface area contributed by atoms with Crippen LogP contribution in [0.1, 0.15) is 11.3 Å². The number of aromatic nitrogens is 3. The zero-order valence-electron chi connectivity index (χ0n) is 6.34. The van der Waals surface area contributed by atoms with Crippen LogP contribution in [-0.4, -0.2) is 22.5 Å². The van der Waals surface area contributed by atoms with Gasteiger partial charge in [-0.1, -0.05) is 0 Å². The van der Waals surface area contributed by atoms with E-state index < -0.39 is 0 Å². The third kappa shape index (κ3) is 1.05. The van der Waals surface area contributed by atoms with Crippen LogP contribution < -0.4 is 5.32 Å². The molecule has 1 N–H and O–H groups in total. The molecule has 4 nitrogen and oxygen atoms in total. The third-order valence-electron chi connectivity index (χ3n) is 1.47. The van der Waals surface area contributed by atoms with E-state index in [0.717, 1.165) is 17.1 Å². The SMILES string of the molecule is CNc1nnnc(C)c1C. The Labute approximate surface area is 59.7 Å². The standard InChI is InChI=1S/C6H10N4/c1-4-5(2)8-10-9-6(4)7-3/h1-3H3,(H,7,8,9). The van der Waals surface area contributed by atoms with E-state index in [4.69, 9.17) is 0 Å². The minimum Gasteiger partial charge on any atom is -0.371 e. The molecule has 10 heavy (non-hydrogen) atoms. The highest BCUT2D eigenvalue weighted by atomic mass is 15.3. The minimum atomic E-state index is 0.799. The van der Waals surface area contributed by atoms with Crippen molar-refractivity contribution in [2.24, 2.45) is 0 Å². The van der Waals surface area contributed by atoms with Crippen molar-refractivity contribution in [2.75, 3.05) is 12.4 Å². The van der Waals surface area contributed by atoms with Gasteiger partial charge in [-0.05, 0) is 19.1 Å². The van der Waals surface area contributed by atoms with E-state index in [2.05, 4.69) is 20.7 Å². The summed E-state index contributed by atoms with van der Waals surface area (Å²) in [5.74, 6) is 0.799. The van der Waals surface area contributed by atoms with Crippen LogP contribution in [0.25, 0.3) is 0 Å². The molecule has 1 aromatic heterocycles. The van der Waals surface area contributed by atoms with Gasteiger partial charge in [-0.3, -0.25) is 0 Å². The van der Waals surface area contributed by atoms with Gasteiger partial charge in [-0.15, -0.1) is 10.2 Å². The van der Waals surface area contributed by atoms with Crippen molar-refractivity contribution in [1.29, 1.82) is 0 Å². The van der Waals surface area contributed by atoms with Gasteiger partial charge in [0.15, 0.2) is 5.82 Å². The Morgan fingerprint density at radius 3 is 2.40 bits per heavy atom. The molecule has 0 aliphatic heterocycles. The highest BCUT2D eigenvalue weighted by molar-refractivity contribution is 5.42. The fourth-order valence-corrected chi connectivity index (χ4v) is 0.693. The van der Waals surface area contributed by atoms with Gasteiger partial charge in [0.2, 0.25) is 0 Å². The molecule has 0 bridgehead atoms. The Morgan fingerprint density at radius 1 is 1.20 bits per heavy atom. The maximum Gasteiger partial charge on any atom is 0.155 e. The summed E-state index contributed by atoms with van der Waals surface area (Å²) >= 11 is 0. The molecule has 0 atom stereocenters. The van der Waals surface area contributed by atoms with E-state index >= 15 is 0 Å². The average molecular weight is 138 g/mol. The summed E-state index contributed by atoms with van der Waals surface area (Å²) < 4.78 is 0. The van der Waals surface area contributed by atoms with Gasteiger partial charge < -0.3 is 5.32 Å². The quantitative estimate of drug-likeness (QED) is 0.615. The predicted octanol–water partition coefficient (Wildman–Crippen LogP) is 0.530. The second-order valence-electron chi connectivity index (χ2n) is 2.10. The van der Waals surface area contributed by atoms with E-state index in [1.807, 2.05) is 20.9 Å². The molecular weight excluding hydrogens is 128 g/mol. The monoisotopic (exact) mass is 138 g/mol. The van der Waals surface area contributed by atoms with Crippen molar-refractivity contribution < 1.29 is 0 Å². The molecule has 1 rings (SSSR count). The fraction of sp³-hybridized carbons (Fsp3) is 0.500. The van der Waals surface area contributed by atoms with Crippen molar-refractivity contribution >= 4 is 5.82 Å². The van der Waals surface area contributed by atoms with Gasteiger partial charge in [-0.2, -0.15) is 0 Å². The van der Waals surface area contributed by atoms with Gasteiger partial charge >= 0.3 is 0 Å². The van der Waals surface area contributed by atoms with Crippen LogP contribution in [0, 0.1) is 13.8 Å². The molecule has 0 amide bonds. The Morgan fingerprint density at radius 2 is 1.90 bits per heavy atom. The van der Waals surface area contributed by atoms with E-state index in [1.165, 1.54) is 0 Å². The molecule has 0 radical (unpaired) electrons. The van der Waals surface area contributed by atoms with Crippen LogP contribution in [0.5, 0.6) is 0 Å². The lowest BCUT2D eigenvalue weighted by Crippen LogP contribution is -2.01. The van der Waals surface area contributed by atoms with Crippen molar-refractivity contribution in [3.63, 3.8) is 0 Å². The second kappa shape index (κ2) is 2.60. The number of nitrogens with one attached hydrogen (secondary N) is 1. The molecule has 0 aliphatic carbocycles. The number of nitrogens with zero attached hydrogens (tertiary/aromatic N) is 3. The zero-order chi connectivity index (χ0) is 7.56. The van der Waals surface area contributed by atoms with Gasteiger partial charge in [0.25, 0.3) is 0 Å². The van der Waals surface area contributed by atoms with Crippen LogP contribution in [0.2, 0.25) is 0 Å². The highest BCUT2D eigenvalue weighted by Gasteiger charge is 2.00. The van der Waals surface area contributed by atoms with Crippen molar-refractivity contribution in [2.45, 2.75) is 13.8 Å². The molecule has 0 aromatic carbocycles. The van der Waals surface area contributed by atoms with Crippen LogP contribution in [0.3, 0.4) is 0 Å². The minimum absolute atomic E-state index is 0.799. The first kappa shape index (κ1) is 6.92. The average Bonchev–Trinajstić information content (AvgIpc) is 1.95. The molecule has 4 heteroatoms. The smallest absolute Gasteiger partial charge is 0.155 e. The number of hydrogen-bond acceptors (Lipinski definition) is 4. The van der Waals surface area contributed by atoms with Crippen LogP contribution in [-0.2, 0) is 0 Å². The summed E-state index contributed by atoms with van der Waals surface area (Å²) in [5, 5.41) is 14.0. The summed E-state index contributed by atoms with van der Waals surface area (Å²) in [6, 6.07) is 0. The normalized spacial score (nSPS) is 9.50. The Bertz CT molecular complexity index is 233. The molecule has 1 aromatic rings. The first-order valence-electron chi connectivity index (χ1n) is 3.10. The van der Waals surface area contributed by atoms with E-state index in [9.17, 15) is 0 Å². The molecule has 0 fully saturated rings. The molecule has 0 aliphatic rings. The summed E-state index contributed by atoms with van der Waals surface area (Å²) in [5.41, 5.74) is 1.97. The van der Waals surface area contributed by atoms with Crippen molar-refractivity contribution in [3.8, 4) is 0 Å². The fourth-order valence-electron chi connectivity index (χ4n) is 0.693. The maximum atomic E-state index is 3.79. The number of rotatable bonds is 1. The largest absolute Gasteiger partial charge is 0.371 e. The van der Waals surface area contributed by atoms with Crippen LogP contribution in [0.15, 0.2) is 0 Å². The zero-order valence-corrected chi connectivity index (χ0v) is 6.34. The summed E-state index contributed by atoms with van der Waals surface area (Å²) in [6.45, 7) is 3.87. The summed E-state index contributed by atoms with van der Waals surface area (Å²) in [6.07, 6.45) is 0. The lowest BCUT2D eigenvalue weighted by molar-refractivity contribution is 0.830. The summed E-state index contributed by atoms with van der Waals surface area (Å²) in [4.78, 5) is 0. The number of hydrogen-bond donors (Lipinski definition) is 1.